The number of rotatable bonds is 3. The molecule has 6 heteroatoms. The molecule has 1 aromatic heterocycles. The average molecular weight is 247 g/mol. The van der Waals surface area contributed by atoms with Gasteiger partial charge in [-0.3, -0.25) is 4.79 Å². The van der Waals surface area contributed by atoms with Gasteiger partial charge in [-0.2, -0.15) is 5.26 Å². The first-order valence-corrected chi connectivity index (χ1v) is 5.51. The molecule has 1 aromatic rings. The molecule has 0 bridgehead atoms. The first kappa shape index (κ1) is 12.3. The Balaban J connectivity index is 2.18. The number of hydrogen-bond donors (Lipinski definition) is 2. The molecule has 94 valence electrons. The number of carboxylic acid groups (broad SMARTS) is 1. The number of aromatic nitrogens is 1. The number of anilines is 1. The van der Waals surface area contributed by atoms with E-state index in [4.69, 9.17) is 10.00 Å². The molecule has 0 spiro atoms. The highest BCUT2D eigenvalue weighted by Gasteiger charge is 2.46. The van der Waals surface area contributed by atoms with Gasteiger partial charge in [0.15, 0.2) is 0 Å². The molecular weight excluding hydrogens is 234 g/mol. The highest BCUT2D eigenvalue weighted by Crippen LogP contribution is 2.30. The number of nitrogens with one attached hydrogen (secondary N) is 1. The topological polar surface area (TPSA) is 95.2 Å². The van der Waals surface area contributed by atoms with Crippen molar-refractivity contribution in [3.8, 4) is 6.07 Å². The summed E-state index contributed by atoms with van der Waals surface area (Å²) in [6, 6.07) is 6.55. The quantitative estimate of drug-likeness (QED) is 0.822. The van der Waals surface area contributed by atoms with Gasteiger partial charge in [0.05, 0.1) is 19.3 Å². The SMILES string of the molecule is CC1(C(=O)O)COCC1Nc1cccc(C#N)n1. The summed E-state index contributed by atoms with van der Waals surface area (Å²) < 4.78 is 5.23. The van der Waals surface area contributed by atoms with E-state index in [1.165, 1.54) is 0 Å². The Morgan fingerprint density at radius 1 is 1.72 bits per heavy atom. The number of carbonyl (C=O) groups is 1. The number of nitriles is 1. The summed E-state index contributed by atoms with van der Waals surface area (Å²) in [5.74, 6) is -0.425. The second-order valence-corrected chi connectivity index (χ2v) is 4.45. The zero-order chi connectivity index (χ0) is 13.2. The molecule has 2 rings (SSSR count). The monoisotopic (exact) mass is 247 g/mol. The van der Waals surface area contributed by atoms with Gasteiger partial charge in [0, 0.05) is 0 Å². The number of hydrogen-bond acceptors (Lipinski definition) is 5. The maximum Gasteiger partial charge on any atom is 0.313 e. The van der Waals surface area contributed by atoms with Crippen LogP contribution in [0.1, 0.15) is 12.6 Å². The predicted molar refractivity (Wildman–Crippen MR) is 62.9 cm³/mol. The molecule has 2 atom stereocenters. The van der Waals surface area contributed by atoms with Gasteiger partial charge < -0.3 is 15.2 Å². The van der Waals surface area contributed by atoms with Crippen LogP contribution in [0.5, 0.6) is 0 Å². The summed E-state index contributed by atoms with van der Waals surface area (Å²) in [4.78, 5) is 15.3. The van der Waals surface area contributed by atoms with Gasteiger partial charge in [-0.25, -0.2) is 4.98 Å². The minimum Gasteiger partial charge on any atom is -0.481 e. The number of carboxylic acids is 1. The Hall–Kier alpha value is -2.13. The molecule has 0 aliphatic carbocycles. The van der Waals surface area contributed by atoms with Crippen LogP contribution in [0, 0.1) is 16.7 Å². The van der Waals surface area contributed by atoms with Crippen molar-refractivity contribution < 1.29 is 14.6 Å². The van der Waals surface area contributed by atoms with Crippen LogP contribution in [0.4, 0.5) is 5.82 Å². The highest BCUT2D eigenvalue weighted by atomic mass is 16.5. The van der Waals surface area contributed by atoms with E-state index < -0.39 is 11.4 Å². The third kappa shape index (κ3) is 2.13. The van der Waals surface area contributed by atoms with Crippen LogP contribution < -0.4 is 5.32 Å². The Morgan fingerprint density at radius 2 is 2.50 bits per heavy atom. The van der Waals surface area contributed by atoms with E-state index in [0.29, 0.717) is 12.4 Å². The molecule has 1 fully saturated rings. The Bertz CT molecular complexity index is 512. The summed E-state index contributed by atoms with van der Waals surface area (Å²) in [6.45, 7) is 2.10. The van der Waals surface area contributed by atoms with Crippen LogP contribution >= 0.6 is 0 Å². The number of aliphatic carboxylic acids is 1. The lowest BCUT2D eigenvalue weighted by molar-refractivity contribution is -0.148. The van der Waals surface area contributed by atoms with E-state index in [1.54, 1.807) is 25.1 Å². The van der Waals surface area contributed by atoms with Crippen molar-refractivity contribution in [2.24, 2.45) is 5.41 Å². The summed E-state index contributed by atoms with van der Waals surface area (Å²) in [7, 11) is 0. The summed E-state index contributed by atoms with van der Waals surface area (Å²) in [5, 5.41) is 21.0. The van der Waals surface area contributed by atoms with E-state index in [9.17, 15) is 9.90 Å². The molecule has 2 unspecified atom stereocenters. The second kappa shape index (κ2) is 4.63. The molecule has 1 saturated heterocycles. The largest absolute Gasteiger partial charge is 0.481 e. The van der Waals surface area contributed by atoms with Crippen LogP contribution in [0.2, 0.25) is 0 Å². The van der Waals surface area contributed by atoms with Gasteiger partial charge in [0.2, 0.25) is 0 Å². The standard InChI is InChI=1S/C12H13N3O3/c1-12(11(16)17)7-18-6-9(12)15-10-4-2-3-8(5-13)14-10/h2-4,9H,6-7H2,1H3,(H,14,15)(H,16,17). The van der Waals surface area contributed by atoms with Crippen LogP contribution in [0.3, 0.4) is 0 Å². The Labute approximate surface area is 104 Å². The van der Waals surface area contributed by atoms with Crippen molar-refractivity contribution in [1.29, 1.82) is 5.26 Å². The lowest BCUT2D eigenvalue weighted by Gasteiger charge is -2.25. The minimum absolute atomic E-state index is 0.165. The smallest absolute Gasteiger partial charge is 0.313 e. The van der Waals surface area contributed by atoms with Crippen LogP contribution in [-0.4, -0.2) is 35.3 Å². The van der Waals surface area contributed by atoms with E-state index in [2.05, 4.69) is 10.3 Å². The van der Waals surface area contributed by atoms with Crippen molar-refractivity contribution in [3.63, 3.8) is 0 Å². The average Bonchev–Trinajstić information content (AvgIpc) is 2.73. The molecule has 0 radical (unpaired) electrons. The first-order valence-electron chi connectivity index (χ1n) is 5.51. The van der Waals surface area contributed by atoms with Gasteiger partial charge in [-0.15, -0.1) is 0 Å². The fourth-order valence-corrected chi connectivity index (χ4v) is 1.84. The third-order valence-electron chi connectivity index (χ3n) is 3.13. The highest BCUT2D eigenvalue weighted by molar-refractivity contribution is 5.76. The van der Waals surface area contributed by atoms with Crippen molar-refractivity contribution >= 4 is 11.8 Å². The van der Waals surface area contributed by atoms with Crippen LogP contribution in [0.25, 0.3) is 0 Å². The number of pyridine rings is 1. The number of ether oxygens (including phenoxy) is 1. The van der Waals surface area contributed by atoms with Crippen molar-refractivity contribution in [2.45, 2.75) is 13.0 Å². The summed E-state index contributed by atoms with van der Waals surface area (Å²) in [5.41, 5.74) is -0.694. The van der Waals surface area contributed by atoms with Gasteiger partial charge in [0.1, 0.15) is 23.0 Å². The van der Waals surface area contributed by atoms with Crippen molar-refractivity contribution in [3.05, 3.63) is 23.9 Å². The Kier molecular flexibility index (Phi) is 3.17. The molecule has 1 aliphatic heterocycles. The molecule has 2 N–H and O–H groups in total. The zero-order valence-electron chi connectivity index (χ0n) is 9.88. The maximum absolute atomic E-state index is 11.3. The van der Waals surface area contributed by atoms with Gasteiger partial charge in [0.25, 0.3) is 0 Å². The van der Waals surface area contributed by atoms with E-state index >= 15 is 0 Å². The number of nitrogens with zero attached hydrogens (tertiary/aromatic N) is 2. The molecule has 2 heterocycles. The van der Waals surface area contributed by atoms with Crippen molar-refractivity contribution in [2.75, 3.05) is 18.5 Å². The molecular formula is C12H13N3O3. The summed E-state index contributed by atoms with van der Waals surface area (Å²) in [6.07, 6.45) is 0. The molecule has 1 aliphatic rings. The van der Waals surface area contributed by atoms with E-state index in [-0.39, 0.29) is 18.3 Å². The Morgan fingerprint density at radius 3 is 3.17 bits per heavy atom. The second-order valence-electron chi connectivity index (χ2n) is 4.45. The van der Waals surface area contributed by atoms with Crippen molar-refractivity contribution in [1.82, 2.24) is 4.98 Å². The molecule has 0 saturated carbocycles. The lowest BCUT2D eigenvalue weighted by Crippen LogP contribution is -2.43. The third-order valence-corrected chi connectivity index (χ3v) is 3.13. The fourth-order valence-electron chi connectivity index (χ4n) is 1.84. The van der Waals surface area contributed by atoms with Crippen LogP contribution in [-0.2, 0) is 9.53 Å². The van der Waals surface area contributed by atoms with E-state index in [1.807, 2.05) is 6.07 Å². The normalized spacial score (nSPS) is 26.6. The van der Waals surface area contributed by atoms with Gasteiger partial charge >= 0.3 is 5.97 Å². The molecule has 6 nitrogen and oxygen atoms in total. The van der Waals surface area contributed by atoms with E-state index in [0.717, 1.165) is 0 Å². The molecule has 0 amide bonds. The summed E-state index contributed by atoms with van der Waals surface area (Å²) >= 11 is 0. The van der Waals surface area contributed by atoms with Crippen LogP contribution in [0.15, 0.2) is 18.2 Å². The van der Waals surface area contributed by atoms with Gasteiger partial charge in [-0.1, -0.05) is 6.07 Å². The van der Waals surface area contributed by atoms with Gasteiger partial charge in [-0.05, 0) is 19.1 Å². The first-order chi connectivity index (χ1) is 8.56. The minimum atomic E-state index is -0.982. The zero-order valence-corrected chi connectivity index (χ0v) is 9.88. The molecule has 0 aromatic carbocycles. The predicted octanol–water partition coefficient (Wildman–Crippen LogP) is 0.855. The molecule has 18 heavy (non-hydrogen) atoms. The lowest BCUT2D eigenvalue weighted by atomic mass is 9.85. The fraction of sp³-hybridized carbons (Fsp3) is 0.417. The maximum atomic E-state index is 11.3.